The van der Waals surface area contributed by atoms with Gasteiger partial charge in [0.2, 0.25) is 0 Å². The molecule has 0 aliphatic carbocycles. The van der Waals surface area contributed by atoms with E-state index in [4.69, 9.17) is 5.73 Å². The third-order valence-electron chi connectivity index (χ3n) is 5.57. The van der Waals surface area contributed by atoms with Gasteiger partial charge in [-0.1, -0.05) is 36.4 Å². The van der Waals surface area contributed by atoms with Gasteiger partial charge in [-0.2, -0.15) is 10.2 Å². The molecule has 7 nitrogen and oxygen atoms in total. The van der Waals surface area contributed by atoms with E-state index >= 15 is 0 Å². The second kappa shape index (κ2) is 7.27. The second-order valence-corrected chi connectivity index (χ2v) is 7.39. The molecule has 5 rings (SSSR count). The van der Waals surface area contributed by atoms with Gasteiger partial charge in [-0.05, 0) is 23.3 Å². The van der Waals surface area contributed by atoms with Crippen LogP contribution >= 0.6 is 0 Å². The van der Waals surface area contributed by atoms with Gasteiger partial charge in [-0.15, -0.1) is 0 Å². The van der Waals surface area contributed by atoms with E-state index in [1.54, 1.807) is 0 Å². The molecule has 29 heavy (non-hydrogen) atoms. The highest BCUT2D eigenvalue weighted by Crippen LogP contribution is 2.30. The highest BCUT2D eigenvalue weighted by molar-refractivity contribution is 5.88. The van der Waals surface area contributed by atoms with Gasteiger partial charge in [0.05, 0.1) is 29.5 Å². The molecule has 146 valence electrons. The number of hydrogen-bond donors (Lipinski definition) is 2. The molecule has 0 spiro atoms. The van der Waals surface area contributed by atoms with Crippen molar-refractivity contribution >= 4 is 10.8 Å². The summed E-state index contributed by atoms with van der Waals surface area (Å²) >= 11 is 0. The van der Waals surface area contributed by atoms with Crippen LogP contribution in [0.3, 0.4) is 0 Å². The molecule has 0 amide bonds. The minimum absolute atomic E-state index is 0.199. The van der Waals surface area contributed by atoms with Gasteiger partial charge in [0.15, 0.2) is 0 Å². The lowest BCUT2D eigenvalue weighted by Crippen LogP contribution is -2.33. The third kappa shape index (κ3) is 3.24. The highest BCUT2D eigenvalue weighted by atomic mass is 16.1. The molecule has 0 unspecified atom stereocenters. The molecule has 0 saturated heterocycles. The number of fused-ring (bicyclic) bond motifs is 2. The maximum atomic E-state index is 12.1. The van der Waals surface area contributed by atoms with Gasteiger partial charge in [-0.25, -0.2) is 5.10 Å². The molecule has 0 atom stereocenters. The minimum Gasteiger partial charge on any atom is -0.325 e. The minimum atomic E-state index is -0.199. The molecular weight excluding hydrogens is 364 g/mol. The predicted molar refractivity (Wildman–Crippen MR) is 112 cm³/mol. The van der Waals surface area contributed by atoms with E-state index in [1.807, 2.05) is 30.5 Å². The fourth-order valence-corrected chi connectivity index (χ4v) is 4.06. The summed E-state index contributed by atoms with van der Waals surface area (Å²) in [6.07, 6.45) is 1.92. The SMILES string of the molecule is NCc1n[nH]c(=O)c2ccc(-c3cnn4c3CN(Cc3ccccc3)CC4)cc12. The predicted octanol–water partition coefficient (Wildman–Crippen LogP) is 2.26. The number of nitrogens with two attached hydrogens (primary N) is 1. The van der Waals surface area contributed by atoms with Gasteiger partial charge < -0.3 is 5.73 Å². The smallest absolute Gasteiger partial charge is 0.272 e. The summed E-state index contributed by atoms with van der Waals surface area (Å²) in [6, 6.07) is 16.4. The Labute approximate surface area is 167 Å². The quantitative estimate of drug-likeness (QED) is 0.561. The zero-order chi connectivity index (χ0) is 19.8. The number of hydrogen-bond acceptors (Lipinski definition) is 5. The number of aromatic nitrogens is 4. The van der Waals surface area contributed by atoms with Gasteiger partial charge in [-0.3, -0.25) is 14.4 Å². The van der Waals surface area contributed by atoms with Crippen LogP contribution in [0.5, 0.6) is 0 Å². The van der Waals surface area contributed by atoms with Crippen LogP contribution in [0.15, 0.2) is 59.5 Å². The maximum Gasteiger partial charge on any atom is 0.272 e. The van der Waals surface area contributed by atoms with Crippen molar-refractivity contribution in [1.29, 1.82) is 0 Å². The number of H-pyrrole nitrogens is 1. The summed E-state index contributed by atoms with van der Waals surface area (Å²) in [5, 5.41) is 12.6. The van der Waals surface area contributed by atoms with E-state index in [2.05, 4.69) is 49.1 Å². The van der Waals surface area contributed by atoms with E-state index < -0.39 is 0 Å². The van der Waals surface area contributed by atoms with Crippen LogP contribution in [0.4, 0.5) is 0 Å². The summed E-state index contributed by atoms with van der Waals surface area (Å²) in [6.45, 7) is 3.86. The largest absolute Gasteiger partial charge is 0.325 e. The Bertz CT molecular complexity index is 1230. The fourth-order valence-electron chi connectivity index (χ4n) is 4.06. The summed E-state index contributed by atoms with van der Waals surface area (Å²) in [5.41, 5.74) is 10.9. The maximum absolute atomic E-state index is 12.1. The van der Waals surface area contributed by atoms with Gasteiger partial charge >= 0.3 is 0 Å². The Morgan fingerprint density at radius 3 is 2.76 bits per heavy atom. The zero-order valence-corrected chi connectivity index (χ0v) is 16.0. The van der Waals surface area contributed by atoms with Crippen molar-refractivity contribution in [2.75, 3.05) is 6.54 Å². The van der Waals surface area contributed by atoms with E-state index in [9.17, 15) is 4.79 Å². The molecule has 0 fully saturated rings. The van der Waals surface area contributed by atoms with Crippen LogP contribution in [0.1, 0.15) is 17.0 Å². The summed E-state index contributed by atoms with van der Waals surface area (Å²) < 4.78 is 2.08. The number of nitrogens with zero attached hydrogens (tertiary/aromatic N) is 4. The molecule has 2 aromatic carbocycles. The van der Waals surface area contributed by atoms with E-state index in [-0.39, 0.29) is 12.1 Å². The molecular formula is C22H22N6O. The molecule has 2 aromatic heterocycles. The van der Waals surface area contributed by atoms with Gasteiger partial charge in [0, 0.05) is 37.1 Å². The zero-order valence-electron chi connectivity index (χ0n) is 16.0. The average molecular weight is 386 g/mol. The molecule has 1 aliphatic rings. The van der Waals surface area contributed by atoms with Crippen molar-refractivity contribution in [2.24, 2.45) is 5.73 Å². The third-order valence-corrected chi connectivity index (χ3v) is 5.57. The summed E-state index contributed by atoms with van der Waals surface area (Å²) in [4.78, 5) is 14.6. The highest BCUT2D eigenvalue weighted by Gasteiger charge is 2.21. The second-order valence-electron chi connectivity index (χ2n) is 7.39. The Kier molecular flexibility index (Phi) is 4.46. The first kappa shape index (κ1) is 17.8. The number of benzene rings is 2. The Morgan fingerprint density at radius 2 is 1.93 bits per heavy atom. The summed E-state index contributed by atoms with van der Waals surface area (Å²) in [7, 11) is 0. The number of nitrogens with one attached hydrogen (secondary N) is 1. The van der Waals surface area contributed by atoms with Crippen LogP contribution < -0.4 is 11.3 Å². The van der Waals surface area contributed by atoms with Crippen LogP contribution in [-0.2, 0) is 26.2 Å². The van der Waals surface area contributed by atoms with Crippen LogP contribution in [-0.4, -0.2) is 31.4 Å². The van der Waals surface area contributed by atoms with Crippen LogP contribution in [0.25, 0.3) is 21.9 Å². The molecule has 3 N–H and O–H groups in total. The monoisotopic (exact) mass is 386 g/mol. The van der Waals surface area contributed by atoms with Crippen LogP contribution in [0.2, 0.25) is 0 Å². The first-order chi connectivity index (χ1) is 14.2. The van der Waals surface area contributed by atoms with Crippen molar-refractivity contribution < 1.29 is 0 Å². The molecule has 1 aliphatic heterocycles. The molecule has 7 heteroatoms. The summed E-state index contributed by atoms with van der Waals surface area (Å²) in [5.74, 6) is 0. The molecule has 3 heterocycles. The number of aromatic amines is 1. The average Bonchev–Trinajstić information content (AvgIpc) is 3.18. The standard InChI is InChI=1S/C22H22N6O/c23-11-20-18-10-16(6-7-17(18)22(29)26-25-20)19-12-24-28-9-8-27(14-21(19)28)13-15-4-2-1-3-5-15/h1-7,10,12H,8-9,11,13-14,23H2,(H,26,29). The lowest BCUT2D eigenvalue weighted by molar-refractivity contribution is 0.205. The fraction of sp³-hybridized carbons (Fsp3) is 0.227. The lowest BCUT2D eigenvalue weighted by Gasteiger charge is -2.28. The van der Waals surface area contributed by atoms with E-state index in [1.165, 1.54) is 11.3 Å². The van der Waals surface area contributed by atoms with Gasteiger partial charge in [0.1, 0.15) is 0 Å². The van der Waals surface area contributed by atoms with Crippen molar-refractivity contribution in [1.82, 2.24) is 24.9 Å². The first-order valence-electron chi connectivity index (χ1n) is 9.75. The van der Waals surface area contributed by atoms with Crippen molar-refractivity contribution in [3.63, 3.8) is 0 Å². The Morgan fingerprint density at radius 1 is 1.07 bits per heavy atom. The van der Waals surface area contributed by atoms with E-state index in [0.717, 1.165) is 42.7 Å². The van der Waals surface area contributed by atoms with Crippen molar-refractivity contribution in [3.05, 3.63) is 82.0 Å². The lowest BCUT2D eigenvalue weighted by atomic mass is 10.0. The molecule has 0 bridgehead atoms. The van der Waals surface area contributed by atoms with E-state index in [0.29, 0.717) is 11.1 Å². The molecule has 0 saturated carbocycles. The Balaban J connectivity index is 1.51. The topological polar surface area (TPSA) is 92.8 Å². The number of rotatable bonds is 4. The van der Waals surface area contributed by atoms with Crippen molar-refractivity contribution in [2.45, 2.75) is 26.2 Å². The van der Waals surface area contributed by atoms with Crippen molar-refractivity contribution in [3.8, 4) is 11.1 Å². The molecule has 4 aromatic rings. The van der Waals surface area contributed by atoms with Crippen LogP contribution in [0, 0.1) is 0 Å². The first-order valence-corrected chi connectivity index (χ1v) is 9.75. The Hall–Kier alpha value is -3.29. The molecule has 0 radical (unpaired) electrons. The van der Waals surface area contributed by atoms with Gasteiger partial charge in [0.25, 0.3) is 5.56 Å². The normalized spacial score (nSPS) is 14.2.